The van der Waals surface area contributed by atoms with Gasteiger partial charge in [-0.05, 0) is 50.8 Å². The molecule has 3 N–H and O–H groups in total. The summed E-state index contributed by atoms with van der Waals surface area (Å²) in [6.45, 7) is 7.03. The second kappa shape index (κ2) is 9.45. The zero-order valence-electron chi connectivity index (χ0n) is 16.8. The molecule has 3 heterocycles. The molecule has 0 amide bonds. The van der Waals surface area contributed by atoms with Crippen molar-refractivity contribution in [3.05, 3.63) is 36.4 Å². The van der Waals surface area contributed by atoms with Crippen molar-refractivity contribution in [1.82, 2.24) is 24.5 Å². The number of aliphatic hydroxyl groups is 1. The lowest BCUT2D eigenvalue weighted by molar-refractivity contribution is 0.271. The summed E-state index contributed by atoms with van der Waals surface area (Å²) in [5, 5.41) is 16.1. The monoisotopic (exact) mass is 383 g/mol. The maximum Gasteiger partial charge on any atom is 0.227 e. The fourth-order valence-electron chi connectivity index (χ4n) is 2.99. The van der Waals surface area contributed by atoms with Crippen molar-refractivity contribution >= 4 is 22.9 Å². The summed E-state index contributed by atoms with van der Waals surface area (Å²) in [6, 6.07) is 4.24. The van der Waals surface area contributed by atoms with Gasteiger partial charge in [-0.2, -0.15) is 9.97 Å². The van der Waals surface area contributed by atoms with Gasteiger partial charge in [-0.1, -0.05) is 6.92 Å². The number of nitrogens with zero attached hydrogens (tertiary/aromatic N) is 5. The van der Waals surface area contributed by atoms with Gasteiger partial charge in [0.05, 0.1) is 19.0 Å². The van der Waals surface area contributed by atoms with Gasteiger partial charge in [-0.25, -0.2) is 4.98 Å². The predicted octanol–water partition coefficient (Wildman–Crippen LogP) is 3.03. The van der Waals surface area contributed by atoms with E-state index in [1.165, 1.54) is 5.56 Å². The predicted molar refractivity (Wildman–Crippen MR) is 112 cm³/mol. The summed E-state index contributed by atoms with van der Waals surface area (Å²) in [5.41, 5.74) is 2.82. The lowest BCUT2D eigenvalue weighted by atomic mass is 10.1. The Hall–Kier alpha value is -2.74. The molecule has 0 aromatic carbocycles. The van der Waals surface area contributed by atoms with Crippen LogP contribution in [0.3, 0.4) is 0 Å². The Kier molecular flexibility index (Phi) is 6.76. The van der Waals surface area contributed by atoms with E-state index < -0.39 is 0 Å². The van der Waals surface area contributed by atoms with Gasteiger partial charge in [0.1, 0.15) is 0 Å². The third-order valence-electron chi connectivity index (χ3n) is 4.71. The maximum absolute atomic E-state index is 9.50. The smallest absolute Gasteiger partial charge is 0.227 e. The summed E-state index contributed by atoms with van der Waals surface area (Å²) < 4.78 is 2.03. The van der Waals surface area contributed by atoms with E-state index >= 15 is 0 Å². The lowest BCUT2D eigenvalue weighted by Crippen LogP contribution is -2.24. The summed E-state index contributed by atoms with van der Waals surface area (Å²) >= 11 is 0. The van der Waals surface area contributed by atoms with Crippen molar-refractivity contribution < 1.29 is 5.11 Å². The molecule has 0 aliphatic carbocycles. The molecule has 3 aromatic rings. The highest BCUT2D eigenvalue weighted by Crippen LogP contribution is 2.23. The van der Waals surface area contributed by atoms with E-state index in [4.69, 9.17) is 0 Å². The van der Waals surface area contributed by atoms with Crippen LogP contribution in [-0.4, -0.2) is 48.8 Å². The van der Waals surface area contributed by atoms with Crippen LogP contribution in [0.4, 0.5) is 11.8 Å². The second-order valence-electron chi connectivity index (χ2n) is 7.13. The number of anilines is 2. The summed E-state index contributed by atoms with van der Waals surface area (Å²) in [5.74, 6) is 1.22. The fourth-order valence-corrected chi connectivity index (χ4v) is 2.99. The first-order chi connectivity index (χ1) is 13.6. The van der Waals surface area contributed by atoms with Crippen LogP contribution in [0.2, 0.25) is 0 Å². The molecule has 0 aliphatic rings. The van der Waals surface area contributed by atoms with Gasteiger partial charge in [0.15, 0.2) is 17.0 Å². The van der Waals surface area contributed by atoms with Crippen LogP contribution in [-0.2, 0) is 6.42 Å². The Bertz CT molecular complexity index is 875. The zero-order valence-corrected chi connectivity index (χ0v) is 16.8. The Morgan fingerprint density at radius 1 is 1.18 bits per heavy atom. The molecule has 8 heteroatoms. The molecule has 0 radical (unpaired) electrons. The average Bonchev–Trinajstić information content (AvgIpc) is 3.14. The van der Waals surface area contributed by atoms with Gasteiger partial charge in [-0.3, -0.25) is 4.98 Å². The molecular weight excluding hydrogens is 354 g/mol. The SMILES string of the molecule is CC[C@H](CO)Nc1nc(NCCCc2ccncc2)c2ncn(C(C)C)c2n1. The van der Waals surface area contributed by atoms with Crippen LogP contribution in [0.15, 0.2) is 30.9 Å². The van der Waals surface area contributed by atoms with E-state index in [0.717, 1.165) is 42.8 Å². The van der Waals surface area contributed by atoms with Gasteiger partial charge >= 0.3 is 0 Å². The van der Waals surface area contributed by atoms with E-state index in [2.05, 4.69) is 44.4 Å². The molecule has 1 atom stereocenters. The molecule has 3 rings (SSSR count). The van der Waals surface area contributed by atoms with Gasteiger partial charge in [0.2, 0.25) is 5.95 Å². The number of imidazole rings is 1. The minimum Gasteiger partial charge on any atom is -0.394 e. The van der Waals surface area contributed by atoms with E-state index in [1.807, 2.05) is 36.0 Å². The van der Waals surface area contributed by atoms with Crippen molar-refractivity contribution in [3.8, 4) is 0 Å². The van der Waals surface area contributed by atoms with Crippen LogP contribution in [0.5, 0.6) is 0 Å². The number of nitrogens with one attached hydrogen (secondary N) is 2. The Labute approximate surface area is 165 Å². The topological polar surface area (TPSA) is 101 Å². The van der Waals surface area contributed by atoms with Crippen LogP contribution in [0.25, 0.3) is 11.2 Å². The van der Waals surface area contributed by atoms with Crippen LogP contribution >= 0.6 is 0 Å². The number of aryl methyl sites for hydroxylation is 1. The largest absolute Gasteiger partial charge is 0.394 e. The number of aliphatic hydroxyl groups excluding tert-OH is 1. The molecule has 0 saturated carbocycles. The average molecular weight is 384 g/mol. The van der Waals surface area contributed by atoms with Gasteiger partial charge < -0.3 is 20.3 Å². The first-order valence-corrected chi connectivity index (χ1v) is 9.87. The van der Waals surface area contributed by atoms with Crippen molar-refractivity contribution in [2.24, 2.45) is 0 Å². The summed E-state index contributed by atoms with van der Waals surface area (Å²) in [4.78, 5) is 17.9. The number of pyridine rings is 1. The van der Waals surface area contributed by atoms with Gasteiger partial charge in [0, 0.05) is 25.0 Å². The second-order valence-corrected chi connectivity index (χ2v) is 7.13. The Morgan fingerprint density at radius 3 is 2.64 bits per heavy atom. The number of aromatic nitrogens is 5. The highest BCUT2D eigenvalue weighted by atomic mass is 16.3. The van der Waals surface area contributed by atoms with Crippen molar-refractivity contribution in [3.63, 3.8) is 0 Å². The Balaban J connectivity index is 1.78. The zero-order chi connectivity index (χ0) is 19.9. The number of hydrogen-bond donors (Lipinski definition) is 3. The van der Waals surface area contributed by atoms with Crippen molar-refractivity contribution in [1.29, 1.82) is 0 Å². The normalized spacial score (nSPS) is 12.5. The number of hydrogen-bond acceptors (Lipinski definition) is 7. The standard InChI is InChI=1S/C20H29N7O/c1-4-16(12-28)24-20-25-18(17-19(26-20)27(13-23-17)14(2)3)22-9-5-6-15-7-10-21-11-8-15/h7-8,10-11,13-14,16,28H,4-6,9,12H2,1-3H3,(H2,22,24,25,26)/t16-/m1/s1. The molecular formula is C20H29N7O. The fraction of sp³-hybridized carbons (Fsp3) is 0.500. The molecule has 8 nitrogen and oxygen atoms in total. The maximum atomic E-state index is 9.50. The van der Waals surface area contributed by atoms with E-state index in [9.17, 15) is 5.11 Å². The third kappa shape index (κ3) is 4.75. The minimum atomic E-state index is -0.0765. The molecule has 0 spiro atoms. The third-order valence-corrected chi connectivity index (χ3v) is 4.71. The molecule has 28 heavy (non-hydrogen) atoms. The van der Waals surface area contributed by atoms with Gasteiger partial charge in [0.25, 0.3) is 0 Å². The highest BCUT2D eigenvalue weighted by molar-refractivity contribution is 5.84. The van der Waals surface area contributed by atoms with Crippen molar-refractivity contribution in [2.45, 2.75) is 52.1 Å². The van der Waals surface area contributed by atoms with Crippen molar-refractivity contribution in [2.75, 3.05) is 23.8 Å². The van der Waals surface area contributed by atoms with E-state index in [1.54, 1.807) is 6.33 Å². The summed E-state index contributed by atoms with van der Waals surface area (Å²) in [6.07, 6.45) is 8.17. The Morgan fingerprint density at radius 2 is 1.96 bits per heavy atom. The first-order valence-electron chi connectivity index (χ1n) is 9.87. The van der Waals surface area contributed by atoms with Crippen LogP contribution < -0.4 is 10.6 Å². The quantitative estimate of drug-likeness (QED) is 0.463. The minimum absolute atomic E-state index is 0.0377. The lowest BCUT2D eigenvalue weighted by Gasteiger charge is -2.16. The van der Waals surface area contributed by atoms with E-state index in [-0.39, 0.29) is 18.7 Å². The molecule has 0 aliphatic heterocycles. The molecule has 0 unspecified atom stereocenters. The molecule has 3 aromatic heterocycles. The highest BCUT2D eigenvalue weighted by Gasteiger charge is 2.16. The first kappa shape index (κ1) is 20.0. The van der Waals surface area contributed by atoms with Crippen LogP contribution in [0.1, 0.15) is 45.2 Å². The van der Waals surface area contributed by atoms with E-state index in [0.29, 0.717) is 5.95 Å². The number of fused-ring (bicyclic) bond motifs is 1. The molecule has 0 fully saturated rings. The molecule has 0 bridgehead atoms. The van der Waals surface area contributed by atoms with Crippen LogP contribution in [0, 0.1) is 0 Å². The molecule has 0 saturated heterocycles. The molecule has 150 valence electrons. The van der Waals surface area contributed by atoms with Gasteiger partial charge in [-0.15, -0.1) is 0 Å². The number of rotatable bonds is 10. The summed E-state index contributed by atoms with van der Waals surface area (Å²) in [7, 11) is 0.